The van der Waals surface area contributed by atoms with Gasteiger partial charge in [-0.25, -0.2) is 0 Å². The molecule has 2 aliphatic rings. The minimum Gasteiger partial charge on any atom is -0.350 e. The lowest BCUT2D eigenvalue weighted by Crippen LogP contribution is -2.17. The number of nitrogens with zero attached hydrogens (tertiary/aromatic N) is 1. The fourth-order valence-corrected chi connectivity index (χ4v) is 2.90. The molecule has 0 saturated heterocycles. The molecule has 1 fully saturated rings. The summed E-state index contributed by atoms with van der Waals surface area (Å²) in [6, 6.07) is 2.03. The van der Waals surface area contributed by atoms with Crippen molar-refractivity contribution >= 4 is 5.78 Å². The van der Waals surface area contributed by atoms with Crippen LogP contribution in [0.3, 0.4) is 0 Å². The lowest BCUT2D eigenvalue weighted by molar-refractivity contribution is 0.0971. The molecule has 1 aromatic heterocycles. The summed E-state index contributed by atoms with van der Waals surface area (Å²) in [5.74, 6) is 0.348. The first-order valence-electron chi connectivity index (χ1n) is 6.45. The summed E-state index contributed by atoms with van der Waals surface area (Å²) in [4.78, 5) is 11.7. The molecule has 2 nitrogen and oxygen atoms in total. The molecule has 1 aromatic rings. The summed E-state index contributed by atoms with van der Waals surface area (Å²) in [7, 11) is 0. The number of Topliss-reactive ketones (excluding diaryl/α,β-unsaturated/α-hetero) is 1. The van der Waals surface area contributed by atoms with Gasteiger partial charge in [0.2, 0.25) is 0 Å². The van der Waals surface area contributed by atoms with E-state index in [0.717, 1.165) is 31.4 Å². The predicted molar refractivity (Wildman–Crippen MR) is 63.7 cm³/mol. The summed E-state index contributed by atoms with van der Waals surface area (Å²) < 4.78 is 2.35. The SMILES string of the molecule is CCC1(Cn2ccc3c2CCCC3=O)CC1. The first kappa shape index (κ1) is 10.1. The molecule has 0 amide bonds. The second-order valence-electron chi connectivity index (χ2n) is 5.43. The fraction of sp³-hybridized carbons (Fsp3) is 0.643. The van der Waals surface area contributed by atoms with E-state index >= 15 is 0 Å². The van der Waals surface area contributed by atoms with Crippen LogP contribution in [0.15, 0.2) is 12.3 Å². The van der Waals surface area contributed by atoms with Crippen molar-refractivity contribution in [3.8, 4) is 0 Å². The van der Waals surface area contributed by atoms with Gasteiger partial charge in [-0.3, -0.25) is 4.79 Å². The van der Waals surface area contributed by atoms with E-state index in [0.29, 0.717) is 11.2 Å². The van der Waals surface area contributed by atoms with Gasteiger partial charge < -0.3 is 4.57 Å². The quantitative estimate of drug-likeness (QED) is 0.762. The van der Waals surface area contributed by atoms with Crippen LogP contribution in [-0.4, -0.2) is 10.4 Å². The van der Waals surface area contributed by atoms with E-state index in [1.54, 1.807) is 0 Å². The number of rotatable bonds is 3. The number of ketones is 1. The minimum absolute atomic E-state index is 0.348. The molecular weight excluding hydrogens is 198 g/mol. The van der Waals surface area contributed by atoms with Crippen LogP contribution in [0, 0.1) is 5.41 Å². The van der Waals surface area contributed by atoms with E-state index < -0.39 is 0 Å². The summed E-state index contributed by atoms with van der Waals surface area (Å²) in [6.45, 7) is 3.42. The lowest BCUT2D eigenvalue weighted by atomic mass is 9.96. The van der Waals surface area contributed by atoms with Crippen LogP contribution < -0.4 is 0 Å². The molecular formula is C14H19NO. The molecule has 0 atom stereocenters. The predicted octanol–water partition coefficient (Wildman–Crippen LogP) is 3.20. The molecule has 2 aliphatic carbocycles. The highest BCUT2D eigenvalue weighted by atomic mass is 16.1. The van der Waals surface area contributed by atoms with Gasteiger partial charge in [-0.05, 0) is 43.6 Å². The highest BCUT2D eigenvalue weighted by Gasteiger charge is 2.41. The summed E-state index contributed by atoms with van der Waals surface area (Å²) >= 11 is 0. The minimum atomic E-state index is 0.348. The Labute approximate surface area is 96.6 Å². The fourth-order valence-electron chi connectivity index (χ4n) is 2.90. The molecule has 0 spiro atoms. The van der Waals surface area contributed by atoms with Crippen molar-refractivity contribution in [1.29, 1.82) is 0 Å². The number of aromatic nitrogens is 1. The van der Waals surface area contributed by atoms with Gasteiger partial charge >= 0.3 is 0 Å². The van der Waals surface area contributed by atoms with Crippen LogP contribution in [0.2, 0.25) is 0 Å². The third kappa shape index (κ3) is 1.51. The number of hydrogen-bond acceptors (Lipinski definition) is 1. The van der Waals surface area contributed by atoms with Gasteiger partial charge in [-0.2, -0.15) is 0 Å². The largest absolute Gasteiger partial charge is 0.350 e. The normalized spacial score (nSPS) is 21.9. The molecule has 0 N–H and O–H groups in total. The Bertz CT molecular complexity index is 426. The zero-order chi connectivity index (χ0) is 11.2. The van der Waals surface area contributed by atoms with Crippen molar-refractivity contribution in [3.63, 3.8) is 0 Å². The van der Waals surface area contributed by atoms with Gasteiger partial charge in [0, 0.05) is 30.4 Å². The first-order valence-corrected chi connectivity index (χ1v) is 6.45. The van der Waals surface area contributed by atoms with Gasteiger partial charge in [0.05, 0.1) is 0 Å². The Morgan fingerprint density at radius 1 is 1.38 bits per heavy atom. The molecule has 0 unspecified atom stereocenters. The maximum absolute atomic E-state index is 11.7. The lowest BCUT2D eigenvalue weighted by Gasteiger charge is -2.19. The Morgan fingerprint density at radius 2 is 2.19 bits per heavy atom. The number of hydrogen-bond donors (Lipinski definition) is 0. The third-order valence-corrected chi connectivity index (χ3v) is 4.41. The second-order valence-corrected chi connectivity index (χ2v) is 5.43. The average Bonchev–Trinajstić information content (AvgIpc) is 2.95. The topological polar surface area (TPSA) is 22.0 Å². The molecule has 86 valence electrons. The first-order chi connectivity index (χ1) is 7.74. The van der Waals surface area contributed by atoms with Gasteiger partial charge in [0.15, 0.2) is 5.78 Å². The summed E-state index contributed by atoms with van der Waals surface area (Å²) in [5.41, 5.74) is 2.86. The standard InChI is InChI=1S/C14H19NO/c1-2-14(7-8-14)10-15-9-6-11-12(15)4-3-5-13(11)16/h6,9H,2-5,7-8,10H2,1H3. The zero-order valence-electron chi connectivity index (χ0n) is 9.96. The van der Waals surface area contributed by atoms with Gasteiger partial charge in [0.1, 0.15) is 0 Å². The van der Waals surface area contributed by atoms with Crippen molar-refractivity contribution in [2.24, 2.45) is 5.41 Å². The summed E-state index contributed by atoms with van der Waals surface area (Å²) in [5, 5.41) is 0. The van der Waals surface area contributed by atoms with Crippen LogP contribution in [0.5, 0.6) is 0 Å². The molecule has 1 heterocycles. The molecule has 16 heavy (non-hydrogen) atoms. The van der Waals surface area contributed by atoms with Gasteiger partial charge in [0.25, 0.3) is 0 Å². The van der Waals surface area contributed by atoms with Crippen LogP contribution in [0.25, 0.3) is 0 Å². The Morgan fingerprint density at radius 3 is 2.88 bits per heavy atom. The van der Waals surface area contributed by atoms with Crippen molar-refractivity contribution < 1.29 is 4.79 Å². The number of carbonyl (C=O) groups is 1. The second kappa shape index (κ2) is 3.47. The van der Waals surface area contributed by atoms with Crippen molar-refractivity contribution in [3.05, 3.63) is 23.5 Å². The number of carbonyl (C=O) groups excluding carboxylic acids is 1. The molecule has 0 aromatic carbocycles. The van der Waals surface area contributed by atoms with E-state index in [9.17, 15) is 4.79 Å². The molecule has 0 radical (unpaired) electrons. The average molecular weight is 217 g/mol. The van der Waals surface area contributed by atoms with E-state index in [2.05, 4.69) is 17.7 Å². The molecule has 3 rings (SSSR count). The zero-order valence-corrected chi connectivity index (χ0v) is 9.96. The summed E-state index contributed by atoms with van der Waals surface area (Å²) in [6.07, 6.45) is 9.01. The van der Waals surface area contributed by atoms with E-state index in [1.165, 1.54) is 25.0 Å². The van der Waals surface area contributed by atoms with Crippen molar-refractivity contribution in [2.75, 3.05) is 0 Å². The van der Waals surface area contributed by atoms with Crippen LogP contribution in [0.4, 0.5) is 0 Å². The molecule has 2 heteroatoms. The molecule has 0 aliphatic heterocycles. The Hall–Kier alpha value is -1.05. The van der Waals surface area contributed by atoms with Crippen LogP contribution in [0.1, 0.15) is 55.1 Å². The molecule has 0 bridgehead atoms. The van der Waals surface area contributed by atoms with Gasteiger partial charge in [-0.15, -0.1) is 0 Å². The van der Waals surface area contributed by atoms with E-state index in [-0.39, 0.29) is 0 Å². The maximum atomic E-state index is 11.7. The van der Waals surface area contributed by atoms with Gasteiger partial charge in [-0.1, -0.05) is 6.92 Å². The maximum Gasteiger partial charge on any atom is 0.164 e. The smallest absolute Gasteiger partial charge is 0.164 e. The Kier molecular flexibility index (Phi) is 2.20. The van der Waals surface area contributed by atoms with Crippen LogP contribution in [-0.2, 0) is 13.0 Å². The number of fused-ring (bicyclic) bond motifs is 1. The Balaban J connectivity index is 1.88. The molecule has 1 saturated carbocycles. The van der Waals surface area contributed by atoms with E-state index in [4.69, 9.17) is 0 Å². The van der Waals surface area contributed by atoms with Crippen LogP contribution >= 0.6 is 0 Å². The van der Waals surface area contributed by atoms with Crippen molar-refractivity contribution in [2.45, 2.75) is 52.0 Å². The van der Waals surface area contributed by atoms with Crippen molar-refractivity contribution in [1.82, 2.24) is 4.57 Å². The monoisotopic (exact) mass is 217 g/mol. The third-order valence-electron chi connectivity index (χ3n) is 4.41. The highest BCUT2D eigenvalue weighted by molar-refractivity contribution is 5.98. The highest BCUT2D eigenvalue weighted by Crippen LogP contribution is 2.50. The van der Waals surface area contributed by atoms with E-state index in [1.807, 2.05) is 6.07 Å².